The fourth-order valence-electron chi connectivity index (χ4n) is 2.15. The van der Waals surface area contributed by atoms with Crippen LogP contribution >= 0.6 is 0 Å². The third kappa shape index (κ3) is 3.01. The third-order valence-electron chi connectivity index (χ3n) is 3.36. The summed E-state index contributed by atoms with van der Waals surface area (Å²) in [4.78, 5) is 10.0. The maximum atomic E-state index is 13.5. The Balaban J connectivity index is 1.94. The molecule has 26 heavy (non-hydrogen) atoms. The van der Waals surface area contributed by atoms with E-state index in [-0.39, 0.29) is 28.8 Å². The molecule has 0 fully saturated rings. The zero-order valence-electron chi connectivity index (χ0n) is 25.9. The van der Waals surface area contributed by atoms with Gasteiger partial charge in [0.2, 0.25) is 0 Å². The van der Waals surface area contributed by atoms with Crippen LogP contribution in [0.1, 0.15) is 29.1 Å². The van der Waals surface area contributed by atoms with Crippen LogP contribution in [0, 0.1) is 6.85 Å². The van der Waals surface area contributed by atoms with E-state index in [4.69, 9.17) is 17.8 Å². The number of aromatic nitrogens is 4. The minimum atomic E-state index is -3.31. The summed E-state index contributed by atoms with van der Waals surface area (Å²) < 4.78 is 123. The maximum absolute atomic E-state index is 13.5. The molecule has 4 aromatic rings. The molecule has 0 aliphatic carbocycles. The molecule has 0 aliphatic rings. The molecule has 4 rings (SSSR count). The molecule has 1 atom stereocenters. The van der Waals surface area contributed by atoms with Crippen molar-refractivity contribution < 1.29 is 26.8 Å². The average Bonchev–Trinajstić information content (AvgIpc) is 3.49. The highest BCUT2D eigenvalue weighted by atomic mass is 32.2. The molecule has 1 N–H and O–H groups in total. The third-order valence-corrected chi connectivity index (χ3v) is 4.28. The predicted molar refractivity (Wildman–Crippen MR) is 101 cm³/mol. The van der Waals surface area contributed by atoms with Gasteiger partial charge in [0, 0.05) is 36.7 Å². The van der Waals surface area contributed by atoms with Crippen molar-refractivity contribution in [1.29, 1.82) is 0 Å². The Labute approximate surface area is 171 Å². The van der Waals surface area contributed by atoms with Crippen LogP contribution in [0.5, 0.6) is 5.75 Å². The lowest BCUT2D eigenvalue weighted by molar-refractivity contribution is 0.410. The number of nitrogens with zero attached hydrogens (tertiary/aromatic N) is 3. The van der Waals surface area contributed by atoms with Gasteiger partial charge in [-0.15, -0.1) is 0 Å². The van der Waals surface area contributed by atoms with Crippen molar-refractivity contribution >= 4 is 21.8 Å². The molecular weight excluding hydrogens is 348 g/mol. The smallest absolute Gasteiger partial charge is 0.197 e. The van der Waals surface area contributed by atoms with E-state index in [1.807, 2.05) is 0 Å². The van der Waals surface area contributed by atoms with Crippen molar-refractivity contribution in [2.75, 3.05) is 7.04 Å². The molecule has 0 saturated heterocycles. The number of ether oxygens (including phenoxy) is 1. The van der Waals surface area contributed by atoms with E-state index in [9.17, 15) is 4.21 Å². The SMILES string of the molecule is [2H]c1nc(C([2H])([2H])S(=O)c2nc3c([2H])c([2H])c(-n4cccc4)c([2H])c3[nH]2)c(C([2H])([2H])[2H])c(OC([2H])([2H])[2H])c1[2H]. The quantitative estimate of drug-likeness (QED) is 0.577. The van der Waals surface area contributed by atoms with Crippen molar-refractivity contribution in [3.8, 4) is 11.4 Å². The Morgan fingerprint density at radius 3 is 3.08 bits per heavy atom. The summed E-state index contributed by atoms with van der Waals surface area (Å²) >= 11 is 0. The van der Waals surface area contributed by atoms with Gasteiger partial charge in [-0.05, 0) is 43.2 Å². The normalized spacial score (nSPS) is 21.2. The molecule has 132 valence electrons. The molecular formula is C19H18N4O2S. The van der Waals surface area contributed by atoms with Crippen molar-refractivity contribution in [3.63, 3.8) is 0 Å². The Kier molecular flexibility index (Phi) is 1.91. The first kappa shape index (κ1) is 7.36. The van der Waals surface area contributed by atoms with Crippen LogP contribution in [0.25, 0.3) is 16.7 Å². The summed E-state index contributed by atoms with van der Waals surface area (Å²) in [6, 6.07) is 1.11. The molecule has 0 radical (unpaired) electrons. The minimum absolute atomic E-state index is 0.00388. The molecule has 7 heteroatoms. The second kappa shape index (κ2) is 6.76. The Bertz CT molecular complexity index is 1610. The van der Waals surface area contributed by atoms with Crippen molar-refractivity contribution in [3.05, 3.63) is 66.1 Å². The van der Waals surface area contributed by atoms with E-state index in [2.05, 4.69) is 19.7 Å². The van der Waals surface area contributed by atoms with Crippen LogP contribution in [0.4, 0.5) is 0 Å². The van der Waals surface area contributed by atoms with E-state index in [0.29, 0.717) is 0 Å². The van der Waals surface area contributed by atoms with Gasteiger partial charge < -0.3 is 14.3 Å². The molecule has 3 heterocycles. The van der Waals surface area contributed by atoms with Crippen LogP contribution < -0.4 is 4.74 Å². The van der Waals surface area contributed by atoms with Gasteiger partial charge in [0.05, 0.1) is 51.2 Å². The Morgan fingerprint density at radius 2 is 2.27 bits per heavy atom. The topological polar surface area (TPSA) is 72.8 Å². The number of nitrogens with one attached hydrogen (secondary N) is 1. The second-order valence-corrected chi connectivity index (χ2v) is 6.08. The summed E-state index contributed by atoms with van der Waals surface area (Å²) in [6.45, 7) is -3.31. The summed E-state index contributed by atoms with van der Waals surface area (Å²) in [6.07, 6.45) is 2.06. The van der Waals surface area contributed by atoms with E-state index in [1.54, 1.807) is 24.5 Å². The zero-order chi connectivity index (χ0) is 29.2. The largest absolute Gasteiger partial charge is 0.496 e. The zero-order valence-corrected chi connectivity index (χ0v) is 13.7. The van der Waals surface area contributed by atoms with E-state index < -0.39 is 70.8 Å². The standard InChI is InChI=1S/C19H18N4O2S/c1-13-17(20-8-7-18(13)25-2)12-26(24)19-21-15-6-5-14(11-16(15)22-19)23-9-3-4-10-23/h3-11H,12H2,1-2H3,(H,21,22)/i1D3,2D3,5D,6D,7D,8D,11D,12D2. The van der Waals surface area contributed by atoms with E-state index in [1.165, 1.54) is 4.57 Å². The predicted octanol–water partition coefficient (Wildman–Crippen LogP) is 3.37. The fraction of sp³-hybridized carbons (Fsp3) is 0.158. The number of aromatic amines is 1. The van der Waals surface area contributed by atoms with Gasteiger partial charge in [-0.1, -0.05) is 0 Å². The lowest BCUT2D eigenvalue weighted by Gasteiger charge is -2.08. The Morgan fingerprint density at radius 1 is 1.38 bits per heavy atom. The van der Waals surface area contributed by atoms with E-state index >= 15 is 0 Å². The van der Waals surface area contributed by atoms with Gasteiger partial charge in [0.1, 0.15) is 5.75 Å². The summed E-state index contributed by atoms with van der Waals surface area (Å²) in [7, 11) is -6.23. The monoisotopic (exact) mass is 379 g/mol. The van der Waals surface area contributed by atoms with Gasteiger partial charge in [0.25, 0.3) is 0 Å². The first-order valence-electron chi connectivity index (χ1n) is 13.6. The number of rotatable bonds is 5. The summed E-state index contributed by atoms with van der Waals surface area (Å²) in [5.74, 6) is -1.13. The number of H-pyrrole nitrogens is 1. The van der Waals surface area contributed by atoms with Crippen molar-refractivity contribution in [2.24, 2.45) is 0 Å². The van der Waals surface area contributed by atoms with Crippen LogP contribution in [-0.2, 0) is 16.5 Å². The minimum Gasteiger partial charge on any atom is -0.496 e. The van der Waals surface area contributed by atoms with Gasteiger partial charge in [-0.2, -0.15) is 0 Å². The summed E-state index contributed by atoms with van der Waals surface area (Å²) in [5, 5.41) is -0.640. The molecule has 1 aromatic carbocycles. The number of hydrogen-bond donors (Lipinski definition) is 1. The molecule has 1 unspecified atom stereocenters. The molecule has 3 aromatic heterocycles. The Hall–Kier alpha value is -2.93. The van der Waals surface area contributed by atoms with Crippen LogP contribution in [0.2, 0.25) is 0 Å². The first-order chi connectivity index (χ1) is 17.9. The average molecular weight is 380 g/mol. The molecule has 0 saturated carbocycles. The first-order valence-corrected chi connectivity index (χ1v) is 8.27. The number of fused-ring (bicyclic) bond motifs is 1. The van der Waals surface area contributed by atoms with Crippen LogP contribution in [0.15, 0.2) is 60.0 Å². The van der Waals surface area contributed by atoms with Gasteiger partial charge >= 0.3 is 0 Å². The van der Waals surface area contributed by atoms with Gasteiger partial charge in [-0.3, -0.25) is 9.19 Å². The van der Waals surface area contributed by atoms with Crippen LogP contribution in [-0.4, -0.2) is 30.8 Å². The lowest BCUT2D eigenvalue weighted by Crippen LogP contribution is -2.03. The van der Waals surface area contributed by atoms with Gasteiger partial charge in [0.15, 0.2) is 5.16 Å². The molecule has 0 amide bonds. The second-order valence-electron chi connectivity index (χ2n) is 4.95. The van der Waals surface area contributed by atoms with Crippen molar-refractivity contribution in [2.45, 2.75) is 17.7 Å². The number of imidazole rings is 1. The maximum Gasteiger partial charge on any atom is 0.197 e. The molecule has 6 nitrogen and oxygen atoms in total. The number of benzene rings is 1. The lowest BCUT2D eigenvalue weighted by atomic mass is 10.2. The van der Waals surface area contributed by atoms with E-state index in [0.717, 1.165) is 0 Å². The van der Waals surface area contributed by atoms with Gasteiger partial charge in [-0.25, -0.2) is 4.98 Å². The molecule has 0 aliphatic heterocycles. The highest BCUT2D eigenvalue weighted by molar-refractivity contribution is 7.84. The highest BCUT2D eigenvalue weighted by Crippen LogP contribution is 2.22. The number of pyridine rings is 1. The highest BCUT2D eigenvalue weighted by Gasteiger charge is 2.15. The number of methoxy groups -OCH3 is 1. The fourth-order valence-corrected chi connectivity index (χ4v) is 2.94. The number of hydrogen-bond acceptors (Lipinski definition) is 4. The van der Waals surface area contributed by atoms with Crippen molar-refractivity contribution in [1.82, 2.24) is 19.5 Å². The van der Waals surface area contributed by atoms with Crippen LogP contribution in [0.3, 0.4) is 0 Å². The summed E-state index contributed by atoms with van der Waals surface area (Å²) in [5.41, 5.74) is -5.95. The molecule has 0 bridgehead atoms. The molecule has 0 spiro atoms.